The van der Waals surface area contributed by atoms with Crippen LogP contribution in [0.15, 0.2) is 18.2 Å². The molecule has 1 spiro atoms. The molecule has 0 radical (unpaired) electrons. The second-order valence-corrected chi connectivity index (χ2v) is 10.2. The molecule has 0 N–H and O–H groups in total. The van der Waals surface area contributed by atoms with Crippen LogP contribution in [0.25, 0.3) is 0 Å². The van der Waals surface area contributed by atoms with Gasteiger partial charge in [-0.05, 0) is 63.3 Å². The van der Waals surface area contributed by atoms with Gasteiger partial charge < -0.3 is 19.1 Å². The van der Waals surface area contributed by atoms with Gasteiger partial charge in [-0.3, -0.25) is 9.69 Å². The summed E-state index contributed by atoms with van der Waals surface area (Å²) < 4.78 is 17.9. The molecule has 2 heterocycles. The Morgan fingerprint density at radius 1 is 1.21 bits per heavy atom. The Morgan fingerprint density at radius 3 is 2.48 bits per heavy atom. The monoisotopic (exact) mass is 460 g/mol. The number of amides is 1. The summed E-state index contributed by atoms with van der Waals surface area (Å²) in [4.78, 5) is 17.8. The topological polar surface area (TPSA) is 51.2 Å². The van der Waals surface area contributed by atoms with E-state index in [-0.39, 0.29) is 23.7 Å². The van der Waals surface area contributed by atoms with E-state index in [0.29, 0.717) is 6.61 Å². The maximum atomic E-state index is 13.2. The Bertz CT molecular complexity index is 769. The van der Waals surface area contributed by atoms with E-state index in [0.717, 1.165) is 68.4 Å². The van der Waals surface area contributed by atoms with Gasteiger partial charge in [-0.2, -0.15) is 0 Å². The second-order valence-electron chi connectivity index (χ2n) is 10.2. The summed E-state index contributed by atoms with van der Waals surface area (Å²) in [6.45, 7) is 15.6. The van der Waals surface area contributed by atoms with Gasteiger partial charge in [-0.25, -0.2) is 0 Å². The van der Waals surface area contributed by atoms with Gasteiger partial charge in [0.1, 0.15) is 5.75 Å². The number of hydrogen-bond donors (Lipinski definition) is 0. The van der Waals surface area contributed by atoms with Crippen molar-refractivity contribution in [2.75, 3.05) is 46.4 Å². The van der Waals surface area contributed by atoms with Crippen molar-refractivity contribution in [1.82, 2.24) is 9.80 Å². The lowest BCUT2D eigenvalue weighted by Crippen LogP contribution is -2.61. The highest BCUT2D eigenvalue weighted by Crippen LogP contribution is 2.34. The van der Waals surface area contributed by atoms with Gasteiger partial charge in [0, 0.05) is 45.4 Å². The van der Waals surface area contributed by atoms with Gasteiger partial charge in [0.25, 0.3) is 5.91 Å². The van der Waals surface area contributed by atoms with E-state index in [1.165, 1.54) is 12.8 Å². The van der Waals surface area contributed by atoms with E-state index >= 15 is 0 Å². The number of carbonyl (C=O) groups is 1. The Hall–Kier alpha value is -1.63. The van der Waals surface area contributed by atoms with Crippen LogP contribution in [0.4, 0.5) is 0 Å². The van der Waals surface area contributed by atoms with Gasteiger partial charge >= 0.3 is 0 Å². The van der Waals surface area contributed by atoms with Crippen LogP contribution < -0.4 is 4.74 Å². The minimum Gasteiger partial charge on any atom is -0.491 e. The van der Waals surface area contributed by atoms with Crippen LogP contribution >= 0.6 is 0 Å². The van der Waals surface area contributed by atoms with Crippen LogP contribution in [0.1, 0.15) is 69.3 Å². The molecule has 1 atom stereocenters. The highest BCUT2D eigenvalue weighted by Gasteiger charge is 2.44. The lowest BCUT2D eigenvalue weighted by molar-refractivity contribution is -0.186. The average Bonchev–Trinajstić information content (AvgIpc) is 2.78. The average molecular weight is 461 g/mol. The standard InChI is InChI=1S/C27H44N2O4/c1-7-22(8-2)16-28-17-24(18-31-6)33-27(19-28)11-13-29(14-12-27)26(30)23-9-10-25(21(5)15-23)32-20(3)4/h9-10,15,20,22,24H,7-8,11-14,16-19H2,1-6H3. The van der Waals surface area contributed by atoms with Gasteiger partial charge in [-0.1, -0.05) is 26.7 Å². The van der Waals surface area contributed by atoms with Crippen molar-refractivity contribution in [1.29, 1.82) is 0 Å². The van der Waals surface area contributed by atoms with Crippen LogP contribution in [0.3, 0.4) is 0 Å². The van der Waals surface area contributed by atoms with Crippen molar-refractivity contribution < 1.29 is 19.0 Å². The highest BCUT2D eigenvalue weighted by atomic mass is 16.5. The minimum absolute atomic E-state index is 0.0940. The van der Waals surface area contributed by atoms with Gasteiger partial charge in [-0.15, -0.1) is 0 Å². The first kappa shape index (κ1) is 26.0. The first-order chi connectivity index (χ1) is 15.8. The number of benzene rings is 1. The van der Waals surface area contributed by atoms with Crippen LogP contribution in [0.2, 0.25) is 0 Å². The van der Waals surface area contributed by atoms with Crippen molar-refractivity contribution in [2.45, 2.75) is 78.1 Å². The lowest BCUT2D eigenvalue weighted by Gasteiger charge is -2.50. The lowest BCUT2D eigenvalue weighted by atomic mass is 9.87. The molecule has 0 aliphatic carbocycles. The fraction of sp³-hybridized carbons (Fsp3) is 0.741. The molecule has 33 heavy (non-hydrogen) atoms. The Morgan fingerprint density at radius 2 is 1.91 bits per heavy atom. The number of likely N-dealkylation sites (tertiary alicyclic amines) is 1. The maximum Gasteiger partial charge on any atom is 0.253 e. The number of ether oxygens (including phenoxy) is 3. The molecule has 1 amide bonds. The van der Waals surface area contributed by atoms with Crippen LogP contribution in [0.5, 0.6) is 5.75 Å². The summed E-state index contributed by atoms with van der Waals surface area (Å²) in [5.74, 6) is 1.66. The van der Waals surface area contributed by atoms with Crippen molar-refractivity contribution in [3.8, 4) is 5.75 Å². The Balaban J connectivity index is 1.65. The molecule has 6 nitrogen and oxygen atoms in total. The van der Waals surface area contributed by atoms with Crippen LogP contribution in [-0.2, 0) is 9.47 Å². The molecule has 2 aliphatic heterocycles. The number of carbonyl (C=O) groups excluding carboxylic acids is 1. The maximum absolute atomic E-state index is 13.2. The molecule has 2 saturated heterocycles. The molecular formula is C27H44N2O4. The zero-order valence-corrected chi connectivity index (χ0v) is 21.6. The SMILES string of the molecule is CCC(CC)CN1CC(COC)OC2(CCN(C(=O)c3ccc(OC(C)C)c(C)c3)CC2)C1. The molecule has 6 heteroatoms. The minimum atomic E-state index is -0.185. The third kappa shape index (κ3) is 6.71. The van der Waals surface area contributed by atoms with Crippen LogP contribution in [-0.4, -0.2) is 80.0 Å². The predicted molar refractivity (Wildman–Crippen MR) is 132 cm³/mol. The summed E-state index contributed by atoms with van der Waals surface area (Å²) >= 11 is 0. The summed E-state index contributed by atoms with van der Waals surface area (Å²) in [7, 11) is 1.75. The number of nitrogens with zero attached hydrogens (tertiary/aromatic N) is 2. The fourth-order valence-electron chi connectivity index (χ4n) is 5.26. The van der Waals surface area contributed by atoms with Crippen molar-refractivity contribution in [2.24, 2.45) is 5.92 Å². The Kier molecular flexibility index (Phi) is 9.19. The number of rotatable bonds is 9. The quantitative estimate of drug-likeness (QED) is 0.542. The number of methoxy groups -OCH3 is 1. The number of hydrogen-bond acceptors (Lipinski definition) is 5. The summed E-state index contributed by atoms with van der Waals surface area (Å²) in [5.41, 5.74) is 1.55. The third-order valence-corrected chi connectivity index (χ3v) is 7.16. The fourth-order valence-corrected chi connectivity index (χ4v) is 5.26. The Labute approximate surface area is 200 Å². The smallest absolute Gasteiger partial charge is 0.253 e. The molecule has 1 aromatic carbocycles. The number of aryl methyl sites for hydroxylation is 1. The number of morpholine rings is 1. The van der Waals surface area contributed by atoms with Crippen LogP contribution in [0, 0.1) is 12.8 Å². The van der Waals surface area contributed by atoms with E-state index in [9.17, 15) is 4.79 Å². The van der Waals surface area contributed by atoms with Gasteiger partial charge in [0.15, 0.2) is 0 Å². The molecule has 0 saturated carbocycles. The number of piperidine rings is 1. The van der Waals surface area contributed by atoms with Gasteiger partial charge in [0.05, 0.1) is 24.4 Å². The summed E-state index contributed by atoms with van der Waals surface area (Å²) in [6.07, 6.45) is 4.36. The van der Waals surface area contributed by atoms with E-state index in [2.05, 4.69) is 18.7 Å². The first-order valence-electron chi connectivity index (χ1n) is 12.7. The summed E-state index contributed by atoms with van der Waals surface area (Å²) in [6, 6.07) is 5.76. The van der Waals surface area contributed by atoms with E-state index in [1.807, 2.05) is 43.9 Å². The molecule has 2 aliphatic rings. The highest BCUT2D eigenvalue weighted by molar-refractivity contribution is 5.94. The third-order valence-electron chi connectivity index (χ3n) is 7.16. The molecule has 0 aromatic heterocycles. The van der Waals surface area contributed by atoms with Crippen molar-refractivity contribution in [3.05, 3.63) is 29.3 Å². The molecule has 2 fully saturated rings. The van der Waals surface area contributed by atoms with E-state index < -0.39 is 0 Å². The first-order valence-corrected chi connectivity index (χ1v) is 12.7. The van der Waals surface area contributed by atoms with Gasteiger partial charge in [0.2, 0.25) is 0 Å². The van der Waals surface area contributed by atoms with E-state index in [4.69, 9.17) is 14.2 Å². The molecule has 3 rings (SSSR count). The zero-order chi connectivity index (χ0) is 24.0. The van der Waals surface area contributed by atoms with E-state index in [1.54, 1.807) is 7.11 Å². The van der Waals surface area contributed by atoms with Crippen molar-refractivity contribution >= 4 is 5.91 Å². The van der Waals surface area contributed by atoms with Crippen molar-refractivity contribution in [3.63, 3.8) is 0 Å². The second kappa shape index (κ2) is 11.7. The largest absolute Gasteiger partial charge is 0.491 e. The predicted octanol–water partition coefficient (Wildman–Crippen LogP) is 4.54. The zero-order valence-electron chi connectivity index (χ0n) is 21.6. The normalized spacial score (nSPS) is 21.2. The molecule has 1 unspecified atom stereocenters. The molecule has 0 bridgehead atoms. The summed E-state index contributed by atoms with van der Waals surface area (Å²) in [5, 5.41) is 0. The molecule has 1 aromatic rings. The molecular weight excluding hydrogens is 416 g/mol. The molecule has 186 valence electrons.